The highest BCUT2D eigenvalue weighted by atomic mass is 35.7. The first-order chi connectivity index (χ1) is 13.7. The van der Waals surface area contributed by atoms with Crippen LogP contribution in [0.2, 0.25) is 0 Å². The lowest BCUT2D eigenvalue weighted by molar-refractivity contribution is 0.135. The maximum atomic E-state index is 12.9. The lowest BCUT2D eigenvalue weighted by atomic mass is 9.94. The van der Waals surface area contributed by atoms with E-state index in [4.69, 9.17) is 10.7 Å². The number of nitriles is 1. The molecule has 2 aliphatic heterocycles. The molecule has 0 atom stereocenters. The number of urea groups is 1. The lowest BCUT2D eigenvalue weighted by Gasteiger charge is -2.35. The van der Waals surface area contributed by atoms with Crippen LogP contribution in [0.1, 0.15) is 24.2 Å². The minimum atomic E-state index is 0.0373. The number of carbonyl (C=O) groups is 1. The van der Waals surface area contributed by atoms with Crippen LogP contribution in [0.3, 0.4) is 0 Å². The summed E-state index contributed by atoms with van der Waals surface area (Å²) in [5, 5.41) is 13.8. The van der Waals surface area contributed by atoms with Crippen molar-refractivity contribution in [3.8, 4) is 6.07 Å². The summed E-state index contributed by atoms with van der Waals surface area (Å²) in [6.45, 7) is 3.06. The summed E-state index contributed by atoms with van der Waals surface area (Å²) in [5.41, 5.74) is 2.72. The summed E-state index contributed by atoms with van der Waals surface area (Å²) in [7, 11) is 6.92. The van der Waals surface area contributed by atoms with Crippen molar-refractivity contribution in [2.45, 2.75) is 30.8 Å². The number of fused-ring (bicyclic) bond motifs is 1. The van der Waals surface area contributed by atoms with Crippen LogP contribution in [0.5, 0.6) is 0 Å². The summed E-state index contributed by atoms with van der Waals surface area (Å²) in [6.07, 6.45) is 2.96. The quantitative estimate of drug-likeness (QED) is 0.702. The minimum Gasteiger partial charge on any atom is -0.324 e. The van der Waals surface area contributed by atoms with Crippen LogP contribution < -0.4 is 0 Å². The summed E-state index contributed by atoms with van der Waals surface area (Å²) >= 11 is 0. The summed E-state index contributed by atoms with van der Waals surface area (Å²) < 4.78 is 1.84. The van der Waals surface area contributed by atoms with Gasteiger partial charge in [-0.2, -0.15) is 10.4 Å². The first-order valence-electron chi connectivity index (χ1n) is 9.11. The largest absolute Gasteiger partial charge is 0.324 e. The molecular weight excluding hydrogens is 396 g/mol. The number of hydrogen-bond acceptors (Lipinski definition) is 5. The van der Waals surface area contributed by atoms with E-state index in [1.807, 2.05) is 38.7 Å². The Kier molecular flexibility index (Phi) is 5.55. The predicted octanol–water partition coefficient (Wildman–Crippen LogP) is 3.53. The molecule has 1 aromatic heterocycles. The third kappa shape index (κ3) is 3.73. The van der Waals surface area contributed by atoms with Crippen molar-refractivity contribution in [1.82, 2.24) is 24.6 Å². The van der Waals surface area contributed by atoms with Gasteiger partial charge in [0.05, 0.1) is 24.7 Å². The van der Waals surface area contributed by atoms with E-state index in [-0.39, 0.29) is 6.03 Å². The van der Waals surface area contributed by atoms with Gasteiger partial charge in [0.25, 0.3) is 0 Å². The van der Waals surface area contributed by atoms with Gasteiger partial charge in [0, 0.05) is 24.5 Å². The Balaban J connectivity index is 1.42. The molecule has 2 amide bonds. The Hall–Kier alpha value is -2.50. The number of halogens is 1. The average molecular weight is 415 g/mol. The SMILES string of the molecule is N#CC(=C1CCN(C(=O)N2CCn3ncnc3C2)CC1)c1ccc(SCl)cc1. The van der Waals surface area contributed by atoms with Gasteiger partial charge in [-0.05, 0) is 57.8 Å². The number of likely N-dealkylation sites (tertiary alicyclic amines) is 1. The molecule has 1 saturated heterocycles. The predicted molar refractivity (Wildman–Crippen MR) is 107 cm³/mol. The fraction of sp³-hybridized carbons (Fsp3) is 0.368. The van der Waals surface area contributed by atoms with Crippen LogP contribution in [-0.4, -0.2) is 50.2 Å². The maximum Gasteiger partial charge on any atom is 0.320 e. The highest BCUT2D eigenvalue weighted by Crippen LogP contribution is 2.29. The van der Waals surface area contributed by atoms with E-state index in [1.54, 1.807) is 0 Å². The molecule has 9 heteroatoms. The van der Waals surface area contributed by atoms with Gasteiger partial charge in [-0.25, -0.2) is 14.5 Å². The van der Waals surface area contributed by atoms with Gasteiger partial charge in [-0.1, -0.05) is 12.1 Å². The zero-order chi connectivity index (χ0) is 19.5. The van der Waals surface area contributed by atoms with E-state index in [1.165, 1.54) is 6.33 Å². The number of hydrogen-bond donors (Lipinski definition) is 0. The van der Waals surface area contributed by atoms with Gasteiger partial charge in [-0.15, -0.1) is 0 Å². The lowest BCUT2D eigenvalue weighted by Crippen LogP contribution is -2.48. The molecular formula is C19H19ClN6OS. The molecule has 28 heavy (non-hydrogen) atoms. The summed E-state index contributed by atoms with van der Waals surface area (Å²) in [5.74, 6) is 0.822. The third-order valence-electron chi connectivity index (χ3n) is 5.22. The van der Waals surface area contributed by atoms with E-state index in [0.717, 1.165) is 32.8 Å². The highest BCUT2D eigenvalue weighted by molar-refractivity contribution is 8.21. The number of allylic oxidation sites excluding steroid dienone is 1. The molecule has 0 aliphatic carbocycles. The minimum absolute atomic E-state index is 0.0373. The first-order valence-corrected chi connectivity index (χ1v) is 10.8. The Morgan fingerprint density at radius 3 is 2.54 bits per heavy atom. The molecule has 0 bridgehead atoms. The van der Waals surface area contributed by atoms with Gasteiger partial charge in [0.15, 0.2) is 0 Å². The number of amides is 2. The first kappa shape index (κ1) is 18.8. The highest BCUT2D eigenvalue weighted by Gasteiger charge is 2.28. The van der Waals surface area contributed by atoms with Crippen LogP contribution in [-0.2, 0) is 13.1 Å². The van der Waals surface area contributed by atoms with Gasteiger partial charge < -0.3 is 9.80 Å². The fourth-order valence-electron chi connectivity index (χ4n) is 3.66. The molecule has 1 fully saturated rings. The van der Waals surface area contributed by atoms with Gasteiger partial charge in [0.2, 0.25) is 0 Å². The Bertz CT molecular complexity index is 938. The van der Waals surface area contributed by atoms with E-state index < -0.39 is 0 Å². The molecule has 0 N–H and O–H groups in total. The maximum absolute atomic E-state index is 12.9. The average Bonchev–Trinajstić information content (AvgIpc) is 3.22. The van der Waals surface area contributed by atoms with Gasteiger partial charge >= 0.3 is 6.03 Å². The second kappa shape index (κ2) is 8.25. The van der Waals surface area contributed by atoms with Crippen LogP contribution >= 0.6 is 21.7 Å². The molecule has 0 spiro atoms. The normalized spacial score (nSPS) is 16.5. The molecule has 144 valence electrons. The van der Waals surface area contributed by atoms with Crippen LogP contribution in [0.15, 0.2) is 41.1 Å². The second-order valence-corrected chi connectivity index (χ2v) is 7.87. The molecule has 4 rings (SSSR count). The Morgan fingerprint density at radius 2 is 1.86 bits per heavy atom. The Morgan fingerprint density at radius 1 is 1.11 bits per heavy atom. The number of nitrogens with zero attached hydrogens (tertiary/aromatic N) is 6. The van der Waals surface area contributed by atoms with Crippen molar-refractivity contribution in [3.63, 3.8) is 0 Å². The fourth-order valence-corrected chi connectivity index (χ4v) is 4.21. The van der Waals surface area contributed by atoms with Crippen LogP contribution in [0, 0.1) is 11.3 Å². The van der Waals surface area contributed by atoms with Crippen molar-refractivity contribution in [3.05, 3.63) is 47.6 Å². The van der Waals surface area contributed by atoms with Crippen molar-refractivity contribution < 1.29 is 4.79 Å². The van der Waals surface area contributed by atoms with E-state index in [9.17, 15) is 10.1 Å². The molecule has 7 nitrogen and oxygen atoms in total. The second-order valence-electron chi connectivity index (χ2n) is 6.78. The van der Waals surface area contributed by atoms with Crippen LogP contribution in [0.25, 0.3) is 5.57 Å². The smallest absolute Gasteiger partial charge is 0.320 e. The van der Waals surface area contributed by atoms with E-state index in [0.29, 0.717) is 51.1 Å². The summed E-state index contributed by atoms with van der Waals surface area (Å²) in [4.78, 5) is 21.7. The molecule has 0 unspecified atom stereocenters. The Labute approximate surface area is 172 Å². The number of benzene rings is 1. The van der Waals surface area contributed by atoms with Crippen molar-refractivity contribution in [1.29, 1.82) is 5.26 Å². The zero-order valence-corrected chi connectivity index (χ0v) is 16.8. The van der Waals surface area contributed by atoms with E-state index in [2.05, 4.69) is 16.2 Å². The van der Waals surface area contributed by atoms with Gasteiger partial charge in [0.1, 0.15) is 12.2 Å². The molecule has 3 heterocycles. The molecule has 1 aromatic carbocycles. The van der Waals surface area contributed by atoms with Crippen LogP contribution in [0.4, 0.5) is 4.79 Å². The number of carbonyl (C=O) groups excluding carboxylic acids is 1. The zero-order valence-electron chi connectivity index (χ0n) is 15.2. The molecule has 0 saturated carbocycles. The van der Waals surface area contributed by atoms with Gasteiger partial charge in [-0.3, -0.25) is 0 Å². The summed E-state index contributed by atoms with van der Waals surface area (Å²) in [6, 6.07) is 10.1. The molecule has 0 radical (unpaired) electrons. The number of rotatable bonds is 2. The van der Waals surface area contributed by atoms with Crippen molar-refractivity contribution >= 4 is 33.3 Å². The molecule has 2 aliphatic rings. The monoisotopic (exact) mass is 414 g/mol. The topological polar surface area (TPSA) is 78.0 Å². The molecule has 2 aromatic rings. The number of aromatic nitrogens is 3. The number of piperidine rings is 1. The third-order valence-corrected chi connectivity index (χ3v) is 6.20. The van der Waals surface area contributed by atoms with E-state index >= 15 is 0 Å². The van der Waals surface area contributed by atoms with Crippen molar-refractivity contribution in [2.24, 2.45) is 0 Å². The van der Waals surface area contributed by atoms with Crippen molar-refractivity contribution in [2.75, 3.05) is 19.6 Å². The standard InChI is InChI=1S/C19H19ClN6OS/c20-28-16-3-1-14(2-4-16)17(11-21)15-5-7-24(8-6-15)19(27)25-9-10-26-18(12-25)22-13-23-26/h1-4,13H,5-10,12H2.